The molecule has 1 amide bonds. The summed E-state index contributed by atoms with van der Waals surface area (Å²) in [5, 5.41) is 0. The second-order valence-electron chi connectivity index (χ2n) is 6.89. The predicted molar refractivity (Wildman–Crippen MR) is 99.4 cm³/mol. The van der Waals surface area contributed by atoms with Crippen LogP contribution in [0.3, 0.4) is 0 Å². The summed E-state index contributed by atoms with van der Waals surface area (Å²) in [5.41, 5.74) is 0. The summed E-state index contributed by atoms with van der Waals surface area (Å²) in [7, 11) is 0. The van der Waals surface area contributed by atoms with E-state index in [9.17, 15) is 4.79 Å². The number of amides is 1. The van der Waals surface area contributed by atoms with Crippen molar-refractivity contribution >= 4 is 5.91 Å². The lowest BCUT2D eigenvalue weighted by Crippen LogP contribution is -2.50. The lowest BCUT2D eigenvalue weighted by Gasteiger charge is -2.34. The van der Waals surface area contributed by atoms with Gasteiger partial charge in [0.1, 0.15) is 19.0 Å². The Balaban J connectivity index is 1.26. The first-order valence-electron chi connectivity index (χ1n) is 9.68. The van der Waals surface area contributed by atoms with Gasteiger partial charge in [-0.05, 0) is 31.4 Å². The molecule has 2 aliphatic heterocycles. The number of para-hydroxylation sites is 1. The number of benzene rings is 1. The third-order valence-electron chi connectivity index (χ3n) is 4.95. The summed E-state index contributed by atoms with van der Waals surface area (Å²) < 4.78 is 16.9. The Hall–Kier alpha value is -1.63. The van der Waals surface area contributed by atoms with Gasteiger partial charge in [0.15, 0.2) is 0 Å². The number of nitrogens with zero attached hydrogens (tertiary/aromatic N) is 2. The fraction of sp³-hybridized carbons (Fsp3) is 0.650. The summed E-state index contributed by atoms with van der Waals surface area (Å²) in [6.45, 7) is 6.35. The summed E-state index contributed by atoms with van der Waals surface area (Å²) in [5.74, 6) is 0.987. The molecule has 0 aromatic heterocycles. The van der Waals surface area contributed by atoms with Crippen LogP contribution in [0.25, 0.3) is 0 Å². The van der Waals surface area contributed by atoms with E-state index < -0.39 is 0 Å². The highest BCUT2D eigenvalue weighted by atomic mass is 16.5. The first kappa shape index (κ1) is 19.1. The number of rotatable bonds is 8. The Morgan fingerprint density at radius 3 is 2.65 bits per heavy atom. The lowest BCUT2D eigenvalue weighted by atomic mass is 10.1. The monoisotopic (exact) mass is 362 g/mol. The molecule has 0 spiro atoms. The number of carbonyl (C=O) groups excluding carboxylic acids is 1. The van der Waals surface area contributed by atoms with E-state index in [4.69, 9.17) is 14.2 Å². The van der Waals surface area contributed by atoms with Gasteiger partial charge in [-0.1, -0.05) is 18.2 Å². The van der Waals surface area contributed by atoms with Crippen molar-refractivity contribution in [2.45, 2.75) is 25.4 Å². The van der Waals surface area contributed by atoms with Crippen LogP contribution in [-0.4, -0.2) is 81.0 Å². The normalized spacial score (nSPS) is 21.5. The van der Waals surface area contributed by atoms with Crippen molar-refractivity contribution in [3.63, 3.8) is 0 Å². The van der Waals surface area contributed by atoms with Gasteiger partial charge in [-0.25, -0.2) is 0 Å². The molecule has 3 rings (SSSR count). The first-order chi connectivity index (χ1) is 12.8. The van der Waals surface area contributed by atoms with E-state index in [0.29, 0.717) is 13.2 Å². The number of piperazine rings is 1. The van der Waals surface area contributed by atoms with Crippen molar-refractivity contribution in [2.75, 3.05) is 59.2 Å². The maximum atomic E-state index is 12.3. The average Bonchev–Trinajstić information content (AvgIpc) is 2.70. The third-order valence-corrected chi connectivity index (χ3v) is 4.95. The molecule has 1 aromatic carbocycles. The number of hydrogen-bond acceptors (Lipinski definition) is 5. The SMILES string of the molecule is O=C(COC[C@@H]1CCCCO1)N1CCN(CCOc2ccccc2)CC1. The molecule has 0 aliphatic carbocycles. The fourth-order valence-corrected chi connectivity index (χ4v) is 3.34. The Labute approximate surface area is 156 Å². The van der Waals surface area contributed by atoms with E-state index in [1.807, 2.05) is 35.2 Å². The molecular formula is C20H30N2O4. The molecule has 2 aliphatic rings. The van der Waals surface area contributed by atoms with Crippen LogP contribution < -0.4 is 4.74 Å². The molecule has 0 saturated carbocycles. The fourth-order valence-electron chi connectivity index (χ4n) is 3.34. The van der Waals surface area contributed by atoms with Gasteiger partial charge >= 0.3 is 0 Å². The summed E-state index contributed by atoms with van der Waals surface area (Å²) >= 11 is 0. The Kier molecular flexibility index (Phi) is 7.73. The number of hydrogen-bond donors (Lipinski definition) is 0. The molecule has 6 heteroatoms. The van der Waals surface area contributed by atoms with Gasteiger partial charge < -0.3 is 19.1 Å². The van der Waals surface area contributed by atoms with E-state index in [2.05, 4.69) is 4.90 Å². The van der Waals surface area contributed by atoms with E-state index >= 15 is 0 Å². The Bertz CT molecular complexity index is 526. The smallest absolute Gasteiger partial charge is 0.248 e. The molecule has 26 heavy (non-hydrogen) atoms. The zero-order valence-corrected chi connectivity index (χ0v) is 15.5. The van der Waals surface area contributed by atoms with Crippen molar-refractivity contribution in [3.8, 4) is 5.75 Å². The average molecular weight is 362 g/mol. The minimum Gasteiger partial charge on any atom is -0.492 e. The molecule has 0 radical (unpaired) electrons. The first-order valence-corrected chi connectivity index (χ1v) is 9.68. The van der Waals surface area contributed by atoms with Crippen molar-refractivity contribution in [3.05, 3.63) is 30.3 Å². The predicted octanol–water partition coefficient (Wildman–Crippen LogP) is 1.80. The van der Waals surface area contributed by atoms with Gasteiger partial charge in [0.05, 0.1) is 12.7 Å². The van der Waals surface area contributed by atoms with E-state index in [-0.39, 0.29) is 18.6 Å². The van der Waals surface area contributed by atoms with Crippen LogP contribution in [0.1, 0.15) is 19.3 Å². The maximum Gasteiger partial charge on any atom is 0.248 e. The van der Waals surface area contributed by atoms with Gasteiger partial charge in [-0.3, -0.25) is 9.69 Å². The molecule has 6 nitrogen and oxygen atoms in total. The van der Waals surface area contributed by atoms with Crippen LogP contribution in [0.2, 0.25) is 0 Å². The van der Waals surface area contributed by atoms with Crippen molar-refractivity contribution in [1.29, 1.82) is 0 Å². The van der Waals surface area contributed by atoms with Crippen molar-refractivity contribution in [2.24, 2.45) is 0 Å². The Morgan fingerprint density at radius 1 is 1.12 bits per heavy atom. The molecule has 0 bridgehead atoms. The minimum absolute atomic E-state index is 0.0843. The largest absolute Gasteiger partial charge is 0.492 e. The van der Waals surface area contributed by atoms with Gasteiger partial charge in [-0.15, -0.1) is 0 Å². The van der Waals surface area contributed by atoms with Crippen LogP contribution >= 0.6 is 0 Å². The zero-order valence-electron chi connectivity index (χ0n) is 15.5. The molecule has 0 N–H and O–H groups in total. The molecule has 2 heterocycles. The summed E-state index contributed by atoms with van der Waals surface area (Å²) in [4.78, 5) is 16.5. The van der Waals surface area contributed by atoms with E-state index in [1.165, 1.54) is 6.42 Å². The quantitative estimate of drug-likeness (QED) is 0.706. The number of carbonyl (C=O) groups is 1. The van der Waals surface area contributed by atoms with Crippen LogP contribution in [-0.2, 0) is 14.3 Å². The van der Waals surface area contributed by atoms with Crippen LogP contribution in [0.5, 0.6) is 5.75 Å². The van der Waals surface area contributed by atoms with Crippen molar-refractivity contribution < 1.29 is 19.0 Å². The molecule has 144 valence electrons. The highest BCUT2D eigenvalue weighted by Crippen LogP contribution is 2.13. The zero-order chi connectivity index (χ0) is 18.0. The lowest BCUT2D eigenvalue weighted by molar-refractivity contribution is -0.140. The van der Waals surface area contributed by atoms with Crippen LogP contribution in [0, 0.1) is 0 Å². The Morgan fingerprint density at radius 2 is 1.92 bits per heavy atom. The van der Waals surface area contributed by atoms with Crippen molar-refractivity contribution in [1.82, 2.24) is 9.80 Å². The van der Waals surface area contributed by atoms with E-state index in [0.717, 1.165) is 57.9 Å². The summed E-state index contributed by atoms with van der Waals surface area (Å²) in [6.07, 6.45) is 3.53. The highest BCUT2D eigenvalue weighted by Gasteiger charge is 2.21. The van der Waals surface area contributed by atoms with E-state index in [1.54, 1.807) is 0 Å². The van der Waals surface area contributed by atoms with Crippen LogP contribution in [0.4, 0.5) is 0 Å². The molecule has 1 atom stereocenters. The van der Waals surface area contributed by atoms with Gasteiger partial charge in [0.2, 0.25) is 5.91 Å². The molecule has 2 fully saturated rings. The highest BCUT2D eigenvalue weighted by molar-refractivity contribution is 5.77. The van der Waals surface area contributed by atoms with Gasteiger partial charge in [-0.2, -0.15) is 0 Å². The number of ether oxygens (including phenoxy) is 3. The second-order valence-corrected chi connectivity index (χ2v) is 6.89. The second kappa shape index (κ2) is 10.5. The van der Waals surface area contributed by atoms with Gasteiger partial charge in [0, 0.05) is 39.3 Å². The molecule has 0 unspecified atom stereocenters. The minimum atomic E-state index is 0.0843. The molecule has 1 aromatic rings. The standard InChI is InChI=1S/C20H30N2O4/c23-20(17-24-16-19-8-4-5-14-25-19)22-11-9-21(10-12-22)13-15-26-18-6-2-1-3-7-18/h1-3,6-7,19H,4-5,8-17H2/t19-/m0/s1. The topological polar surface area (TPSA) is 51.2 Å². The maximum absolute atomic E-state index is 12.3. The third kappa shape index (κ3) is 6.27. The summed E-state index contributed by atoms with van der Waals surface area (Å²) in [6, 6.07) is 9.86. The molecular weight excluding hydrogens is 332 g/mol. The van der Waals surface area contributed by atoms with Gasteiger partial charge in [0.25, 0.3) is 0 Å². The molecule has 2 saturated heterocycles. The van der Waals surface area contributed by atoms with Crippen LogP contribution in [0.15, 0.2) is 30.3 Å².